The molecule has 1 amide bonds. The number of hydrogen-bond donors (Lipinski definition) is 0. The highest BCUT2D eigenvalue weighted by Crippen LogP contribution is 2.19. The summed E-state index contributed by atoms with van der Waals surface area (Å²) in [7, 11) is 0. The van der Waals surface area contributed by atoms with E-state index >= 15 is 0 Å². The largest absolute Gasteiger partial charge is 0.471 e. The van der Waals surface area contributed by atoms with Crippen LogP contribution in [-0.2, 0) is 10.5 Å². The quantitative estimate of drug-likeness (QED) is 0.809. The molecule has 2 aromatic rings. The van der Waals surface area contributed by atoms with Crippen molar-refractivity contribution < 1.29 is 9.53 Å². The van der Waals surface area contributed by atoms with Crippen LogP contribution in [0.5, 0.6) is 5.88 Å². The number of ether oxygens (including phenoxy) is 1. The summed E-state index contributed by atoms with van der Waals surface area (Å²) in [5.74, 6) is 1.88. The van der Waals surface area contributed by atoms with E-state index < -0.39 is 0 Å². The van der Waals surface area contributed by atoms with Crippen LogP contribution in [0.2, 0.25) is 0 Å². The summed E-state index contributed by atoms with van der Waals surface area (Å²) in [6.45, 7) is 1.15. The van der Waals surface area contributed by atoms with E-state index in [9.17, 15) is 4.79 Å². The zero-order chi connectivity index (χ0) is 16.8. The average Bonchev–Trinajstić information content (AvgIpc) is 2.58. The van der Waals surface area contributed by atoms with Crippen molar-refractivity contribution in [2.45, 2.75) is 11.9 Å². The van der Waals surface area contributed by atoms with Gasteiger partial charge in [0.25, 0.3) is 0 Å². The number of hydrogen-bond acceptors (Lipinski definition) is 5. The van der Waals surface area contributed by atoms with Crippen LogP contribution < -0.4 is 4.74 Å². The first kappa shape index (κ1) is 16.3. The molecule has 2 heterocycles. The lowest BCUT2D eigenvalue weighted by molar-refractivity contribution is -0.137. The van der Waals surface area contributed by atoms with E-state index in [1.807, 2.05) is 18.2 Å². The Kier molecular flexibility index (Phi) is 5.34. The highest BCUT2D eigenvalue weighted by Gasteiger charge is 2.32. The van der Waals surface area contributed by atoms with Crippen LogP contribution in [0.3, 0.4) is 0 Å². The lowest BCUT2D eigenvalue weighted by Crippen LogP contribution is -2.56. The molecule has 0 N–H and O–H groups in total. The first-order chi connectivity index (χ1) is 11.7. The van der Waals surface area contributed by atoms with E-state index in [1.54, 1.807) is 35.0 Å². The molecule has 122 valence electrons. The third kappa shape index (κ3) is 4.27. The maximum Gasteiger partial charge on any atom is 0.232 e. The Morgan fingerprint density at radius 1 is 1.33 bits per heavy atom. The highest BCUT2D eigenvalue weighted by atomic mass is 32.2. The predicted molar refractivity (Wildman–Crippen MR) is 92.6 cm³/mol. The molecule has 1 aromatic heterocycles. The van der Waals surface area contributed by atoms with Gasteiger partial charge in [0.1, 0.15) is 6.10 Å². The molecule has 0 bridgehead atoms. The number of amides is 1. The molecule has 0 unspecified atom stereocenters. The fraction of sp³-hybridized carbons (Fsp3) is 0.278. The van der Waals surface area contributed by atoms with Gasteiger partial charge in [-0.1, -0.05) is 30.3 Å². The van der Waals surface area contributed by atoms with Crippen LogP contribution in [-0.4, -0.2) is 40.7 Å². The zero-order valence-electron chi connectivity index (χ0n) is 13.1. The maximum absolute atomic E-state index is 12.1. The molecule has 0 atom stereocenters. The lowest BCUT2D eigenvalue weighted by atomic mass is 10.1. The van der Waals surface area contributed by atoms with Gasteiger partial charge < -0.3 is 9.64 Å². The summed E-state index contributed by atoms with van der Waals surface area (Å²) in [6.07, 6.45) is 1.50. The van der Waals surface area contributed by atoms with Gasteiger partial charge in [-0.25, -0.2) is 4.98 Å². The van der Waals surface area contributed by atoms with E-state index in [1.165, 1.54) is 5.56 Å². The van der Waals surface area contributed by atoms with Gasteiger partial charge in [0, 0.05) is 18.0 Å². The number of carbonyl (C=O) groups excluding carboxylic acids is 1. The second-order valence-electron chi connectivity index (χ2n) is 5.51. The summed E-state index contributed by atoms with van der Waals surface area (Å²) in [6, 6.07) is 15.4. The predicted octanol–water partition coefficient (Wildman–Crippen LogP) is 2.48. The molecule has 0 radical (unpaired) electrons. The monoisotopic (exact) mass is 339 g/mol. The molecule has 1 fully saturated rings. The average molecular weight is 339 g/mol. The number of likely N-dealkylation sites (tertiary alicyclic amines) is 1. The molecule has 24 heavy (non-hydrogen) atoms. The van der Waals surface area contributed by atoms with Gasteiger partial charge >= 0.3 is 0 Å². The van der Waals surface area contributed by atoms with Crippen molar-refractivity contribution in [1.29, 1.82) is 5.26 Å². The van der Waals surface area contributed by atoms with Gasteiger partial charge in [-0.3, -0.25) is 4.79 Å². The van der Waals surface area contributed by atoms with Crippen LogP contribution in [0, 0.1) is 11.3 Å². The van der Waals surface area contributed by atoms with E-state index in [0.717, 1.165) is 5.75 Å². The third-order valence-electron chi connectivity index (χ3n) is 3.69. The molecular weight excluding hydrogens is 322 g/mol. The Labute approximate surface area is 145 Å². The first-order valence-corrected chi connectivity index (χ1v) is 8.82. The van der Waals surface area contributed by atoms with Gasteiger partial charge in [-0.2, -0.15) is 5.26 Å². The van der Waals surface area contributed by atoms with Crippen molar-refractivity contribution in [2.75, 3.05) is 18.8 Å². The smallest absolute Gasteiger partial charge is 0.232 e. The Balaban J connectivity index is 1.38. The number of benzene rings is 1. The number of carbonyl (C=O) groups is 1. The van der Waals surface area contributed by atoms with Gasteiger partial charge in [0.2, 0.25) is 11.8 Å². The minimum Gasteiger partial charge on any atom is -0.471 e. The highest BCUT2D eigenvalue weighted by molar-refractivity contribution is 7.99. The van der Waals surface area contributed by atoms with Crippen LogP contribution in [0.15, 0.2) is 48.7 Å². The molecule has 3 rings (SSSR count). The van der Waals surface area contributed by atoms with Crippen LogP contribution in [0.4, 0.5) is 0 Å². The van der Waals surface area contributed by atoms with Gasteiger partial charge in [0.05, 0.1) is 30.5 Å². The van der Waals surface area contributed by atoms with Crippen LogP contribution in [0.25, 0.3) is 0 Å². The maximum atomic E-state index is 12.1. The SMILES string of the molecule is N#Cc1ccnc(OC2CN(C(=O)CSCc3ccccc3)C2)c1. The molecule has 1 aromatic carbocycles. The van der Waals surface area contributed by atoms with E-state index in [-0.39, 0.29) is 12.0 Å². The minimum atomic E-state index is -0.0467. The molecule has 6 heteroatoms. The summed E-state index contributed by atoms with van der Waals surface area (Å²) in [5, 5.41) is 8.86. The third-order valence-corrected chi connectivity index (χ3v) is 4.68. The molecule has 1 saturated heterocycles. The second kappa shape index (κ2) is 7.84. The standard InChI is InChI=1S/C18H17N3O2S/c19-9-15-6-7-20-17(8-15)23-16-10-21(11-16)18(22)13-24-12-14-4-2-1-3-5-14/h1-8,16H,10-13H2. The number of aromatic nitrogens is 1. The molecule has 0 aliphatic carbocycles. The summed E-state index contributed by atoms with van der Waals surface area (Å²) >= 11 is 1.62. The van der Waals surface area contributed by atoms with E-state index in [4.69, 9.17) is 10.00 Å². The van der Waals surface area contributed by atoms with Crippen molar-refractivity contribution in [1.82, 2.24) is 9.88 Å². The van der Waals surface area contributed by atoms with Crippen molar-refractivity contribution in [3.05, 3.63) is 59.8 Å². The summed E-state index contributed by atoms with van der Waals surface area (Å²) in [5.41, 5.74) is 1.74. The van der Waals surface area contributed by atoms with Crippen LogP contribution >= 0.6 is 11.8 Å². The number of nitrogens with zero attached hydrogens (tertiary/aromatic N) is 3. The number of pyridine rings is 1. The number of rotatable bonds is 6. The molecule has 0 spiro atoms. The number of nitriles is 1. The van der Waals surface area contributed by atoms with E-state index in [0.29, 0.717) is 30.3 Å². The Bertz CT molecular complexity index is 739. The van der Waals surface area contributed by atoms with Gasteiger partial charge in [0.15, 0.2) is 0 Å². The van der Waals surface area contributed by atoms with Crippen molar-refractivity contribution in [3.63, 3.8) is 0 Å². The first-order valence-electron chi connectivity index (χ1n) is 7.67. The molecule has 5 nitrogen and oxygen atoms in total. The Morgan fingerprint density at radius 3 is 2.88 bits per heavy atom. The molecule has 1 aliphatic heterocycles. The lowest BCUT2D eigenvalue weighted by Gasteiger charge is -2.38. The van der Waals surface area contributed by atoms with Crippen molar-refractivity contribution >= 4 is 17.7 Å². The fourth-order valence-electron chi connectivity index (χ4n) is 2.35. The zero-order valence-corrected chi connectivity index (χ0v) is 13.9. The molecule has 0 saturated carbocycles. The fourth-order valence-corrected chi connectivity index (χ4v) is 3.24. The van der Waals surface area contributed by atoms with Crippen LogP contribution in [0.1, 0.15) is 11.1 Å². The number of thioether (sulfide) groups is 1. The van der Waals surface area contributed by atoms with Crippen molar-refractivity contribution in [3.8, 4) is 11.9 Å². The topological polar surface area (TPSA) is 66.2 Å². The molecule has 1 aliphatic rings. The minimum absolute atomic E-state index is 0.0467. The summed E-state index contributed by atoms with van der Waals surface area (Å²) in [4.78, 5) is 18.0. The second-order valence-corrected chi connectivity index (χ2v) is 6.50. The summed E-state index contributed by atoms with van der Waals surface area (Å²) < 4.78 is 5.68. The Hall–Kier alpha value is -2.52. The normalized spacial score (nSPS) is 13.9. The molecular formula is C18H17N3O2S. The Morgan fingerprint density at radius 2 is 2.12 bits per heavy atom. The van der Waals surface area contributed by atoms with Gasteiger partial charge in [-0.05, 0) is 11.6 Å². The van der Waals surface area contributed by atoms with E-state index in [2.05, 4.69) is 23.2 Å². The van der Waals surface area contributed by atoms with Crippen molar-refractivity contribution in [2.24, 2.45) is 0 Å². The van der Waals surface area contributed by atoms with Gasteiger partial charge in [-0.15, -0.1) is 11.8 Å².